The lowest BCUT2D eigenvalue weighted by atomic mass is 10.1. The summed E-state index contributed by atoms with van der Waals surface area (Å²) in [7, 11) is 0. The quantitative estimate of drug-likeness (QED) is 0.377. The smallest absolute Gasteiger partial charge is 0.274 e. The van der Waals surface area contributed by atoms with Crippen molar-refractivity contribution in [1.29, 1.82) is 0 Å². The Hall–Kier alpha value is -2.52. The van der Waals surface area contributed by atoms with Crippen LogP contribution < -0.4 is 16.4 Å². The number of nitrogens with one attached hydrogen (secondary N) is 2. The highest BCUT2D eigenvalue weighted by atomic mass is 35.5. The summed E-state index contributed by atoms with van der Waals surface area (Å²) in [5, 5.41) is 18.9. The standard InChI is InChI=1S/C19H20Cl3N5O3/c1-4-5-13(21)17(23)27-14(8-15(22)26-27)19(30)25-16-9(2)6-11(20)7-12(16)18(29)24-10(3)28/h4-8,10,28H,23H2,1-3H3,(H,24,29)(H,25,30)/b5-4-,17-13-. The number of aliphatic hydroxyl groups excluding tert-OH is 1. The van der Waals surface area contributed by atoms with Crippen molar-refractivity contribution in [2.24, 2.45) is 5.73 Å². The zero-order chi connectivity index (χ0) is 22.6. The lowest BCUT2D eigenvalue weighted by Crippen LogP contribution is -2.33. The van der Waals surface area contributed by atoms with Gasteiger partial charge in [0.1, 0.15) is 17.7 Å². The highest BCUT2D eigenvalue weighted by Crippen LogP contribution is 2.27. The van der Waals surface area contributed by atoms with Gasteiger partial charge in [-0.05, 0) is 44.5 Å². The molecular weight excluding hydrogens is 453 g/mol. The van der Waals surface area contributed by atoms with Crippen LogP contribution in [0.15, 0.2) is 35.4 Å². The number of halogens is 3. The number of allylic oxidation sites excluding steroid dienone is 3. The molecule has 0 radical (unpaired) electrons. The van der Waals surface area contributed by atoms with Crippen molar-refractivity contribution in [3.63, 3.8) is 0 Å². The van der Waals surface area contributed by atoms with Gasteiger partial charge in [-0.3, -0.25) is 9.59 Å². The van der Waals surface area contributed by atoms with Crippen LogP contribution in [0.3, 0.4) is 0 Å². The van der Waals surface area contributed by atoms with Gasteiger partial charge >= 0.3 is 0 Å². The molecule has 0 aliphatic heterocycles. The number of aliphatic hydroxyl groups is 1. The number of aromatic nitrogens is 2. The molecule has 2 amide bonds. The van der Waals surface area contributed by atoms with Crippen LogP contribution in [0.25, 0.3) is 5.82 Å². The number of benzene rings is 1. The van der Waals surface area contributed by atoms with Crippen molar-refractivity contribution >= 4 is 58.1 Å². The van der Waals surface area contributed by atoms with Gasteiger partial charge in [-0.2, -0.15) is 5.10 Å². The summed E-state index contributed by atoms with van der Waals surface area (Å²) in [4.78, 5) is 25.5. The second kappa shape index (κ2) is 9.99. The molecule has 0 saturated carbocycles. The average Bonchev–Trinajstić information content (AvgIpc) is 3.04. The summed E-state index contributed by atoms with van der Waals surface area (Å²) in [6.45, 7) is 4.81. The van der Waals surface area contributed by atoms with E-state index in [1.807, 2.05) is 0 Å². The van der Waals surface area contributed by atoms with Crippen LogP contribution in [0.5, 0.6) is 0 Å². The molecule has 1 atom stereocenters. The van der Waals surface area contributed by atoms with Gasteiger partial charge in [0, 0.05) is 11.1 Å². The number of rotatable bonds is 6. The highest BCUT2D eigenvalue weighted by Gasteiger charge is 2.22. The molecule has 30 heavy (non-hydrogen) atoms. The molecule has 0 spiro atoms. The largest absolute Gasteiger partial charge is 0.382 e. The van der Waals surface area contributed by atoms with E-state index < -0.39 is 18.0 Å². The molecule has 0 saturated heterocycles. The minimum absolute atomic E-state index is 0.00334. The van der Waals surface area contributed by atoms with Crippen molar-refractivity contribution in [3.8, 4) is 0 Å². The Kier molecular flexibility index (Phi) is 7.91. The van der Waals surface area contributed by atoms with Gasteiger partial charge in [-0.15, -0.1) is 0 Å². The van der Waals surface area contributed by atoms with Crippen LogP contribution in [0.2, 0.25) is 10.2 Å². The van der Waals surface area contributed by atoms with Gasteiger partial charge in [-0.1, -0.05) is 40.9 Å². The van der Waals surface area contributed by atoms with Crippen LogP contribution in [0, 0.1) is 6.92 Å². The zero-order valence-corrected chi connectivity index (χ0v) is 18.6. The number of aryl methyl sites for hydroxylation is 1. The molecule has 0 bridgehead atoms. The van der Waals surface area contributed by atoms with Gasteiger partial charge < -0.3 is 21.5 Å². The third kappa shape index (κ3) is 5.54. The maximum Gasteiger partial charge on any atom is 0.274 e. The number of amides is 2. The molecule has 0 aliphatic carbocycles. The first-order valence-corrected chi connectivity index (χ1v) is 9.82. The second-order valence-corrected chi connectivity index (χ2v) is 7.48. The molecule has 1 heterocycles. The first-order chi connectivity index (χ1) is 14.0. The normalized spacial score (nSPS) is 13.2. The van der Waals surface area contributed by atoms with E-state index >= 15 is 0 Å². The fourth-order valence-electron chi connectivity index (χ4n) is 2.56. The predicted octanol–water partition coefficient (Wildman–Crippen LogP) is 3.72. The minimum Gasteiger partial charge on any atom is -0.382 e. The van der Waals surface area contributed by atoms with Crippen molar-refractivity contribution in [2.75, 3.05) is 5.32 Å². The number of nitrogens with two attached hydrogens (primary N) is 1. The Labute approximate surface area is 188 Å². The Bertz CT molecular complexity index is 1040. The number of carbonyl (C=O) groups is 2. The molecule has 5 N–H and O–H groups in total. The third-order valence-electron chi connectivity index (χ3n) is 3.82. The number of nitrogens with zero attached hydrogens (tertiary/aromatic N) is 2. The van der Waals surface area contributed by atoms with Crippen LogP contribution in [-0.4, -0.2) is 32.9 Å². The van der Waals surface area contributed by atoms with Crippen molar-refractivity contribution in [1.82, 2.24) is 15.1 Å². The van der Waals surface area contributed by atoms with E-state index in [1.54, 1.807) is 26.0 Å². The van der Waals surface area contributed by atoms with Gasteiger partial charge in [0.05, 0.1) is 16.3 Å². The Balaban J connectivity index is 2.50. The van der Waals surface area contributed by atoms with Gasteiger partial charge in [-0.25, -0.2) is 4.68 Å². The van der Waals surface area contributed by atoms with Gasteiger partial charge in [0.15, 0.2) is 5.15 Å². The summed E-state index contributed by atoms with van der Waals surface area (Å²) in [5.74, 6) is -1.27. The fourth-order valence-corrected chi connectivity index (χ4v) is 3.22. The molecular formula is C19H20Cl3N5O3. The molecule has 2 rings (SSSR count). The number of hydrogen-bond donors (Lipinski definition) is 4. The lowest BCUT2D eigenvalue weighted by Gasteiger charge is -2.16. The summed E-state index contributed by atoms with van der Waals surface area (Å²) in [6, 6.07) is 4.27. The Morgan fingerprint density at radius 3 is 2.53 bits per heavy atom. The van der Waals surface area contributed by atoms with Crippen molar-refractivity contribution in [2.45, 2.75) is 27.0 Å². The molecule has 1 aromatic heterocycles. The topological polar surface area (TPSA) is 122 Å². The fraction of sp³-hybridized carbons (Fsp3) is 0.211. The van der Waals surface area contributed by atoms with E-state index in [1.165, 1.54) is 25.1 Å². The van der Waals surface area contributed by atoms with Crippen molar-refractivity contribution in [3.05, 3.63) is 62.4 Å². The van der Waals surface area contributed by atoms with E-state index in [4.69, 9.17) is 40.5 Å². The van der Waals surface area contributed by atoms with E-state index in [2.05, 4.69) is 15.7 Å². The van der Waals surface area contributed by atoms with Gasteiger partial charge in [0.2, 0.25) is 0 Å². The highest BCUT2D eigenvalue weighted by molar-refractivity contribution is 6.34. The SMILES string of the molecule is C/C=C\C(Cl)=C(/N)n1nc(Cl)cc1C(=O)Nc1c(C)cc(Cl)cc1C(=O)NC(C)O. The molecule has 2 aromatic rings. The van der Waals surface area contributed by atoms with E-state index in [0.717, 1.165) is 4.68 Å². The monoisotopic (exact) mass is 471 g/mol. The first kappa shape index (κ1) is 23.8. The van der Waals surface area contributed by atoms with Crippen LogP contribution in [0.4, 0.5) is 5.69 Å². The summed E-state index contributed by atoms with van der Waals surface area (Å²) in [5.41, 5.74) is 6.80. The van der Waals surface area contributed by atoms with Crippen LogP contribution in [0.1, 0.15) is 40.3 Å². The third-order valence-corrected chi connectivity index (χ3v) is 4.54. The molecule has 11 heteroatoms. The van der Waals surface area contributed by atoms with Crippen LogP contribution in [-0.2, 0) is 0 Å². The number of hydrogen-bond acceptors (Lipinski definition) is 5. The Morgan fingerprint density at radius 1 is 1.27 bits per heavy atom. The average molecular weight is 473 g/mol. The van der Waals surface area contributed by atoms with E-state index in [9.17, 15) is 14.7 Å². The predicted molar refractivity (Wildman–Crippen MR) is 119 cm³/mol. The lowest BCUT2D eigenvalue weighted by molar-refractivity contribution is 0.0819. The molecule has 1 aromatic carbocycles. The molecule has 0 fully saturated rings. The number of carbonyl (C=O) groups excluding carboxylic acids is 2. The maximum atomic E-state index is 13.0. The minimum atomic E-state index is -1.10. The van der Waals surface area contributed by atoms with Crippen LogP contribution >= 0.6 is 34.8 Å². The maximum absolute atomic E-state index is 13.0. The summed E-state index contributed by atoms with van der Waals surface area (Å²) >= 11 is 18.1. The second-order valence-electron chi connectivity index (χ2n) is 6.25. The van der Waals surface area contributed by atoms with Gasteiger partial charge in [0.25, 0.3) is 11.8 Å². The summed E-state index contributed by atoms with van der Waals surface area (Å²) < 4.78 is 1.10. The first-order valence-electron chi connectivity index (χ1n) is 8.69. The zero-order valence-electron chi connectivity index (χ0n) is 16.3. The molecule has 1 unspecified atom stereocenters. The Morgan fingerprint density at radius 2 is 1.93 bits per heavy atom. The van der Waals surface area contributed by atoms with E-state index in [0.29, 0.717) is 10.6 Å². The molecule has 8 nitrogen and oxygen atoms in total. The molecule has 160 valence electrons. The molecule has 0 aliphatic rings. The number of anilines is 1. The van der Waals surface area contributed by atoms with Crippen molar-refractivity contribution < 1.29 is 14.7 Å². The van der Waals surface area contributed by atoms with E-state index in [-0.39, 0.29) is 33.0 Å². The summed E-state index contributed by atoms with van der Waals surface area (Å²) in [6.07, 6.45) is 2.11.